The Balaban J connectivity index is 1.72. The van der Waals surface area contributed by atoms with Crippen molar-refractivity contribution in [3.8, 4) is 11.5 Å². The van der Waals surface area contributed by atoms with Crippen LogP contribution in [-0.2, 0) is 6.54 Å². The Kier molecular flexibility index (Phi) is 3.89. The molecular formula is C19H17N5O2. The van der Waals surface area contributed by atoms with Gasteiger partial charge in [0, 0.05) is 19.8 Å². The van der Waals surface area contributed by atoms with Gasteiger partial charge in [0.25, 0.3) is 5.91 Å². The van der Waals surface area contributed by atoms with Crippen LogP contribution in [0.4, 0.5) is 5.95 Å². The van der Waals surface area contributed by atoms with Crippen molar-refractivity contribution >= 4 is 22.9 Å². The maximum absolute atomic E-state index is 12.9. The van der Waals surface area contributed by atoms with Gasteiger partial charge in [-0.05, 0) is 17.7 Å². The van der Waals surface area contributed by atoms with Crippen LogP contribution in [0.15, 0.2) is 59.3 Å². The van der Waals surface area contributed by atoms with Crippen LogP contribution >= 0.6 is 0 Å². The molecule has 0 atom stereocenters. The van der Waals surface area contributed by atoms with Gasteiger partial charge in [-0.25, -0.2) is 9.97 Å². The molecule has 0 fully saturated rings. The molecule has 0 saturated carbocycles. The number of aromatic nitrogens is 3. The van der Waals surface area contributed by atoms with Gasteiger partial charge in [-0.1, -0.05) is 30.3 Å². The zero-order valence-corrected chi connectivity index (χ0v) is 14.1. The molecule has 3 aromatic heterocycles. The number of benzene rings is 1. The highest BCUT2D eigenvalue weighted by Crippen LogP contribution is 2.28. The standard InChI is InChI=1S/C19H17N5O2/c1-24(11-12-6-3-2-4-7-12)18(25)13-10-21-17-15(13)22-19(20)23-16(17)14-8-5-9-26-14/h2-10,21H,11H2,1H3,(H2,20,22,23). The molecule has 1 amide bonds. The van der Waals surface area contributed by atoms with Gasteiger partial charge in [-0.15, -0.1) is 0 Å². The summed E-state index contributed by atoms with van der Waals surface area (Å²) in [4.78, 5) is 26.1. The highest BCUT2D eigenvalue weighted by Gasteiger charge is 2.21. The molecule has 0 bridgehead atoms. The summed E-state index contributed by atoms with van der Waals surface area (Å²) in [5, 5.41) is 0. The van der Waals surface area contributed by atoms with Gasteiger partial charge in [-0.2, -0.15) is 0 Å². The molecule has 7 heteroatoms. The SMILES string of the molecule is CN(Cc1ccccc1)C(=O)c1c[nH]c2c(-c3ccco3)nc(N)nc12. The quantitative estimate of drug-likeness (QED) is 0.591. The molecule has 0 aliphatic heterocycles. The van der Waals surface area contributed by atoms with Crippen LogP contribution in [-0.4, -0.2) is 32.8 Å². The minimum atomic E-state index is -0.149. The number of furan rings is 1. The lowest BCUT2D eigenvalue weighted by Gasteiger charge is -2.16. The number of nitrogen functional groups attached to an aromatic ring is 1. The van der Waals surface area contributed by atoms with Crippen LogP contribution in [0.25, 0.3) is 22.5 Å². The first-order chi connectivity index (χ1) is 12.6. The van der Waals surface area contributed by atoms with E-state index in [9.17, 15) is 4.79 Å². The number of carbonyl (C=O) groups is 1. The van der Waals surface area contributed by atoms with E-state index in [1.54, 1.807) is 36.5 Å². The number of amides is 1. The number of hydrogen-bond acceptors (Lipinski definition) is 5. The third kappa shape index (κ3) is 2.79. The first-order valence-electron chi connectivity index (χ1n) is 8.11. The molecule has 3 heterocycles. The number of hydrogen-bond donors (Lipinski definition) is 2. The number of nitrogens with one attached hydrogen (secondary N) is 1. The van der Waals surface area contributed by atoms with Crippen LogP contribution < -0.4 is 5.73 Å². The first-order valence-corrected chi connectivity index (χ1v) is 8.11. The Morgan fingerprint density at radius 1 is 1.19 bits per heavy atom. The highest BCUT2D eigenvalue weighted by atomic mass is 16.3. The topological polar surface area (TPSA) is 101 Å². The van der Waals surface area contributed by atoms with Gasteiger partial charge in [0.15, 0.2) is 5.76 Å². The van der Waals surface area contributed by atoms with E-state index in [-0.39, 0.29) is 11.9 Å². The third-order valence-electron chi connectivity index (χ3n) is 4.14. The second-order valence-electron chi connectivity index (χ2n) is 5.98. The van der Waals surface area contributed by atoms with Crippen LogP contribution in [0, 0.1) is 0 Å². The van der Waals surface area contributed by atoms with E-state index in [2.05, 4.69) is 15.0 Å². The van der Waals surface area contributed by atoms with Crippen molar-refractivity contribution in [2.75, 3.05) is 12.8 Å². The van der Waals surface area contributed by atoms with Gasteiger partial charge >= 0.3 is 0 Å². The third-order valence-corrected chi connectivity index (χ3v) is 4.14. The minimum Gasteiger partial charge on any atom is -0.463 e. The summed E-state index contributed by atoms with van der Waals surface area (Å²) in [6.45, 7) is 0.498. The second-order valence-corrected chi connectivity index (χ2v) is 5.98. The van der Waals surface area contributed by atoms with Crippen molar-refractivity contribution in [1.29, 1.82) is 0 Å². The lowest BCUT2D eigenvalue weighted by Crippen LogP contribution is -2.26. The summed E-state index contributed by atoms with van der Waals surface area (Å²) < 4.78 is 5.42. The van der Waals surface area contributed by atoms with Crippen molar-refractivity contribution in [3.63, 3.8) is 0 Å². The highest BCUT2D eigenvalue weighted by molar-refractivity contribution is 6.07. The molecule has 4 rings (SSSR count). The molecule has 0 aliphatic carbocycles. The molecule has 4 aromatic rings. The van der Waals surface area contributed by atoms with E-state index in [0.29, 0.717) is 34.6 Å². The summed E-state index contributed by atoms with van der Waals surface area (Å²) in [5.74, 6) is 0.495. The van der Waals surface area contributed by atoms with Crippen molar-refractivity contribution in [2.24, 2.45) is 0 Å². The molecule has 26 heavy (non-hydrogen) atoms. The smallest absolute Gasteiger partial charge is 0.257 e. The Morgan fingerprint density at radius 3 is 2.73 bits per heavy atom. The number of nitrogens with two attached hydrogens (primary N) is 1. The molecular weight excluding hydrogens is 330 g/mol. The molecule has 0 aliphatic rings. The largest absolute Gasteiger partial charge is 0.463 e. The van der Waals surface area contributed by atoms with E-state index < -0.39 is 0 Å². The number of carbonyl (C=O) groups excluding carboxylic acids is 1. The van der Waals surface area contributed by atoms with E-state index in [0.717, 1.165) is 5.56 Å². The lowest BCUT2D eigenvalue weighted by molar-refractivity contribution is 0.0787. The maximum Gasteiger partial charge on any atom is 0.257 e. The molecule has 7 nitrogen and oxygen atoms in total. The zero-order chi connectivity index (χ0) is 18.1. The van der Waals surface area contributed by atoms with Gasteiger partial charge in [0.1, 0.15) is 11.2 Å². The van der Waals surface area contributed by atoms with Crippen LogP contribution in [0.5, 0.6) is 0 Å². The summed E-state index contributed by atoms with van der Waals surface area (Å²) in [6, 6.07) is 13.3. The van der Waals surface area contributed by atoms with Crippen LogP contribution in [0.2, 0.25) is 0 Å². The van der Waals surface area contributed by atoms with Crippen LogP contribution in [0.1, 0.15) is 15.9 Å². The summed E-state index contributed by atoms with van der Waals surface area (Å²) >= 11 is 0. The van der Waals surface area contributed by atoms with E-state index >= 15 is 0 Å². The average molecular weight is 347 g/mol. The summed E-state index contributed by atoms with van der Waals surface area (Å²) in [5.41, 5.74) is 8.98. The number of nitrogens with zero attached hydrogens (tertiary/aromatic N) is 3. The predicted molar refractivity (Wildman–Crippen MR) is 98.2 cm³/mol. The fourth-order valence-electron chi connectivity index (χ4n) is 2.91. The van der Waals surface area contributed by atoms with E-state index in [4.69, 9.17) is 10.2 Å². The fourth-order valence-corrected chi connectivity index (χ4v) is 2.91. The zero-order valence-electron chi connectivity index (χ0n) is 14.1. The number of H-pyrrole nitrogens is 1. The molecule has 1 aromatic carbocycles. The Bertz CT molecular complexity index is 1050. The summed E-state index contributed by atoms with van der Waals surface area (Å²) in [7, 11) is 1.76. The minimum absolute atomic E-state index is 0.0864. The molecule has 0 radical (unpaired) electrons. The van der Waals surface area contributed by atoms with Crippen molar-refractivity contribution in [2.45, 2.75) is 6.54 Å². The molecule has 3 N–H and O–H groups in total. The molecule has 0 spiro atoms. The number of anilines is 1. The predicted octanol–water partition coefficient (Wildman–Crippen LogP) is 3.07. The molecule has 0 saturated heterocycles. The van der Waals surface area contributed by atoms with E-state index in [1.807, 2.05) is 30.3 Å². The fraction of sp³-hybridized carbons (Fsp3) is 0.105. The lowest BCUT2D eigenvalue weighted by atomic mass is 10.2. The number of fused-ring (bicyclic) bond motifs is 1. The average Bonchev–Trinajstić information content (AvgIpc) is 3.31. The van der Waals surface area contributed by atoms with Gasteiger partial charge < -0.3 is 20.0 Å². The second kappa shape index (κ2) is 6.36. The van der Waals surface area contributed by atoms with Crippen LogP contribution in [0.3, 0.4) is 0 Å². The van der Waals surface area contributed by atoms with Crippen molar-refractivity contribution in [1.82, 2.24) is 19.9 Å². The number of aromatic amines is 1. The first kappa shape index (κ1) is 15.9. The Labute approximate surface area is 149 Å². The number of rotatable bonds is 4. The van der Waals surface area contributed by atoms with E-state index in [1.165, 1.54) is 0 Å². The Morgan fingerprint density at radius 2 is 2.00 bits per heavy atom. The van der Waals surface area contributed by atoms with Gasteiger partial charge in [-0.3, -0.25) is 4.79 Å². The monoisotopic (exact) mass is 347 g/mol. The summed E-state index contributed by atoms with van der Waals surface area (Å²) in [6.07, 6.45) is 3.19. The van der Waals surface area contributed by atoms with Gasteiger partial charge in [0.05, 0.1) is 17.3 Å². The Hall–Kier alpha value is -3.61. The van der Waals surface area contributed by atoms with Gasteiger partial charge in [0.2, 0.25) is 5.95 Å². The molecule has 0 unspecified atom stereocenters. The molecule has 130 valence electrons. The normalized spacial score (nSPS) is 11.0. The van der Waals surface area contributed by atoms with Crippen molar-refractivity contribution < 1.29 is 9.21 Å². The van der Waals surface area contributed by atoms with Crippen molar-refractivity contribution in [3.05, 3.63) is 66.1 Å². The maximum atomic E-state index is 12.9.